The fraction of sp³-hybridized carbons (Fsp3) is 0.533. The molecule has 24 heavy (non-hydrogen) atoms. The normalized spacial score (nSPS) is 15.4. The van der Waals surface area contributed by atoms with Crippen molar-refractivity contribution in [2.45, 2.75) is 45.1 Å². The number of H-pyrrole nitrogens is 1. The molecule has 0 aliphatic heterocycles. The Labute approximate surface area is 139 Å². The van der Waals surface area contributed by atoms with Crippen molar-refractivity contribution in [1.29, 1.82) is 5.26 Å². The van der Waals surface area contributed by atoms with E-state index in [1.54, 1.807) is 13.0 Å². The Balaban J connectivity index is 2.02. The van der Waals surface area contributed by atoms with Crippen LogP contribution in [0.25, 0.3) is 0 Å². The van der Waals surface area contributed by atoms with Crippen LogP contribution >= 0.6 is 0 Å². The van der Waals surface area contributed by atoms with E-state index < -0.39 is 11.7 Å². The summed E-state index contributed by atoms with van der Waals surface area (Å²) in [5.41, 5.74) is 2.22. The van der Waals surface area contributed by atoms with E-state index in [0.29, 0.717) is 0 Å². The molecule has 1 aromatic heterocycles. The third kappa shape index (κ3) is 4.55. The molecular formula is C15H20N6O3. The minimum Gasteiger partial charge on any atom is -0.461 e. The lowest BCUT2D eigenvalue weighted by atomic mass is 9.95. The number of nitrogens with zero attached hydrogens (tertiary/aromatic N) is 3. The van der Waals surface area contributed by atoms with Gasteiger partial charge in [0.15, 0.2) is 5.82 Å². The summed E-state index contributed by atoms with van der Waals surface area (Å²) in [5, 5.41) is 15.5. The van der Waals surface area contributed by atoms with Crippen LogP contribution in [0.2, 0.25) is 0 Å². The third-order valence-corrected chi connectivity index (χ3v) is 3.66. The van der Waals surface area contributed by atoms with Gasteiger partial charge in [0, 0.05) is 6.04 Å². The highest BCUT2D eigenvalue weighted by atomic mass is 16.5. The summed E-state index contributed by atoms with van der Waals surface area (Å²) < 4.78 is 4.70. The number of nitriles is 1. The average molecular weight is 332 g/mol. The SMILES string of the molecule is CCOC(=O)/C(C#N)=N\Nc1nc[nH]c1C(=O)NC1CCCCC1. The fourth-order valence-electron chi connectivity index (χ4n) is 2.48. The number of esters is 1. The fourth-order valence-corrected chi connectivity index (χ4v) is 2.48. The molecular weight excluding hydrogens is 312 g/mol. The number of imidazole rings is 1. The molecule has 0 atom stereocenters. The van der Waals surface area contributed by atoms with Crippen molar-refractivity contribution in [3.8, 4) is 6.07 Å². The number of amides is 1. The number of hydrogen-bond donors (Lipinski definition) is 3. The Hall–Kier alpha value is -2.89. The molecule has 1 aliphatic rings. The number of anilines is 1. The number of hydrazone groups is 1. The first-order valence-corrected chi connectivity index (χ1v) is 7.90. The Morgan fingerprint density at radius 1 is 1.46 bits per heavy atom. The number of carbonyl (C=O) groups is 2. The van der Waals surface area contributed by atoms with Gasteiger partial charge in [-0.15, -0.1) is 0 Å². The first kappa shape index (κ1) is 17.5. The van der Waals surface area contributed by atoms with E-state index >= 15 is 0 Å². The van der Waals surface area contributed by atoms with Crippen molar-refractivity contribution in [3.05, 3.63) is 12.0 Å². The van der Waals surface area contributed by atoms with E-state index in [2.05, 4.69) is 25.8 Å². The van der Waals surface area contributed by atoms with E-state index in [0.717, 1.165) is 25.7 Å². The predicted octanol–water partition coefficient (Wildman–Crippen LogP) is 1.33. The Morgan fingerprint density at radius 2 is 2.21 bits per heavy atom. The topological polar surface area (TPSA) is 132 Å². The van der Waals surface area contributed by atoms with Crippen molar-refractivity contribution >= 4 is 23.4 Å². The number of carbonyl (C=O) groups excluding carboxylic acids is 2. The molecule has 9 heteroatoms. The van der Waals surface area contributed by atoms with E-state index in [4.69, 9.17) is 10.00 Å². The van der Waals surface area contributed by atoms with Gasteiger partial charge in [-0.2, -0.15) is 10.4 Å². The van der Waals surface area contributed by atoms with Crippen molar-refractivity contribution < 1.29 is 14.3 Å². The van der Waals surface area contributed by atoms with Gasteiger partial charge in [0.25, 0.3) is 5.91 Å². The van der Waals surface area contributed by atoms with Gasteiger partial charge in [-0.1, -0.05) is 19.3 Å². The van der Waals surface area contributed by atoms with Gasteiger partial charge >= 0.3 is 5.97 Å². The Kier molecular flexibility index (Phi) is 6.31. The van der Waals surface area contributed by atoms with Gasteiger partial charge in [0.2, 0.25) is 5.71 Å². The molecule has 0 saturated heterocycles. The lowest BCUT2D eigenvalue weighted by Crippen LogP contribution is -2.36. The van der Waals surface area contributed by atoms with Crippen LogP contribution in [0, 0.1) is 11.3 Å². The zero-order valence-electron chi connectivity index (χ0n) is 13.5. The molecule has 1 fully saturated rings. The van der Waals surface area contributed by atoms with E-state index in [1.165, 1.54) is 12.7 Å². The molecule has 0 spiro atoms. The smallest absolute Gasteiger partial charge is 0.369 e. The monoisotopic (exact) mass is 332 g/mol. The Bertz CT molecular complexity index is 654. The molecule has 2 rings (SSSR count). The van der Waals surface area contributed by atoms with Crippen molar-refractivity contribution in [3.63, 3.8) is 0 Å². The number of aromatic amines is 1. The molecule has 1 aliphatic carbocycles. The third-order valence-electron chi connectivity index (χ3n) is 3.66. The average Bonchev–Trinajstić information content (AvgIpc) is 3.05. The zero-order chi connectivity index (χ0) is 17.4. The summed E-state index contributed by atoms with van der Waals surface area (Å²) in [5.74, 6) is -0.997. The standard InChI is InChI=1S/C15H20N6O3/c1-2-24-15(23)11(8-16)20-21-13-12(17-9-18-13)14(22)19-10-6-4-3-5-7-10/h9-10,21H,2-7H2,1H3,(H,17,18)(H,19,22)/b20-11-. The maximum Gasteiger partial charge on any atom is 0.369 e. The molecule has 0 unspecified atom stereocenters. The summed E-state index contributed by atoms with van der Waals surface area (Å²) in [6, 6.07) is 1.79. The number of aromatic nitrogens is 2. The van der Waals surface area contributed by atoms with Crippen LogP contribution in [0.3, 0.4) is 0 Å². The van der Waals surface area contributed by atoms with E-state index in [1.807, 2.05) is 0 Å². The maximum absolute atomic E-state index is 12.3. The lowest BCUT2D eigenvalue weighted by Gasteiger charge is -2.22. The molecule has 9 nitrogen and oxygen atoms in total. The second-order valence-electron chi connectivity index (χ2n) is 5.34. The molecule has 1 aromatic rings. The van der Waals surface area contributed by atoms with Crippen molar-refractivity contribution in [2.24, 2.45) is 5.10 Å². The van der Waals surface area contributed by atoms with Crippen molar-refractivity contribution in [1.82, 2.24) is 15.3 Å². The second kappa shape index (κ2) is 8.67. The summed E-state index contributed by atoms with van der Waals surface area (Å²) >= 11 is 0. The predicted molar refractivity (Wildman–Crippen MR) is 86.2 cm³/mol. The van der Waals surface area contributed by atoms with Crippen LogP contribution in [0.1, 0.15) is 49.5 Å². The van der Waals surface area contributed by atoms with Crippen LogP contribution in [-0.4, -0.2) is 40.2 Å². The first-order valence-electron chi connectivity index (χ1n) is 7.90. The highest BCUT2D eigenvalue weighted by Crippen LogP contribution is 2.18. The quantitative estimate of drug-likeness (QED) is 0.409. The van der Waals surface area contributed by atoms with Crippen LogP contribution in [0.4, 0.5) is 5.82 Å². The van der Waals surface area contributed by atoms with Gasteiger partial charge in [-0.25, -0.2) is 9.78 Å². The molecule has 0 bridgehead atoms. The Morgan fingerprint density at radius 3 is 2.88 bits per heavy atom. The number of ether oxygens (including phenoxy) is 1. The van der Waals surface area contributed by atoms with Crippen molar-refractivity contribution in [2.75, 3.05) is 12.0 Å². The largest absolute Gasteiger partial charge is 0.461 e. The summed E-state index contributed by atoms with van der Waals surface area (Å²) in [7, 11) is 0. The second-order valence-corrected chi connectivity index (χ2v) is 5.34. The molecule has 1 heterocycles. The number of hydrogen-bond acceptors (Lipinski definition) is 7. The molecule has 0 aromatic carbocycles. The van der Waals surface area contributed by atoms with Crippen LogP contribution in [-0.2, 0) is 9.53 Å². The van der Waals surface area contributed by atoms with Gasteiger partial charge < -0.3 is 15.0 Å². The summed E-state index contributed by atoms with van der Waals surface area (Å²) in [6.45, 7) is 1.76. The van der Waals surface area contributed by atoms with Gasteiger partial charge in [0.1, 0.15) is 11.8 Å². The highest BCUT2D eigenvalue weighted by molar-refractivity contribution is 6.43. The zero-order valence-corrected chi connectivity index (χ0v) is 13.5. The molecule has 128 valence electrons. The molecule has 3 N–H and O–H groups in total. The van der Waals surface area contributed by atoms with Crippen LogP contribution in [0.15, 0.2) is 11.4 Å². The minimum absolute atomic E-state index is 0.136. The van der Waals surface area contributed by atoms with Gasteiger partial charge in [-0.05, 0) is 19.8 Å². The molecule has 0 radical (unpaired) electrons. The van der Waals surface area contributed by atoms with Crippen LogP contribution in [0.5, 0.6) is 0 Å². The minimum atomic E-state index is -0.837. The maximum atomic E-state index is 12.3. The summed E-state index contributed by atoms with van der Waals surface area (Å²) in [4.78, 5) is 30.5. The number of rotatable bonds is 6. The van der Waals surface area contributed by atoms with Crippen LogP contribution < -0.4 is 10.7 Å². The van der Waals surface area contributed by atoms with E-state index in [9.17, 15) is 9.59 Å². The van der Waals surface area contributed by atoms with E-state index in [-0.39, 0.29) is 30.1 Å². The first-order chi connectivity index (χ1) is 11.7. The highest BCUT2D eigenvalue weighted by Gasteiger charge is 2.20. The summed E-state index contributed by atoms with van der Waals surface area (Å²) in [6.07, 6.45) is 6.67. The molecule has 1 saturated carbocycles. The van der Waals surface area contributed by atoms with Gasteiger partial charge in [0.05, 0.1) is 12.9 Å². The lowest BCUT2D eigenvalue weighted by molar-refractivity contribution is -0.134. The molecule has 1 amide bonds. The number of nitrogens with one attached hydrogen (secondary N) is 3. The van der Waals surface area contributed by atoms with Gasteiger partial charge in [-0.3, -0.25) is 10.2 Å².